The Morgan fingerprint density at radius 3 is 2.93 bits per heavy atom. The summed E-state index contributed by atoms with van der Waals surface area (Å²) in [5.74, 6) is 0. The van der Waals surface area contributed by atoms with E-state index in [-0.39, 0.29) is 0 Å². The molecule has 1 rings (SSSR count). The summed E-state index contributed by atoms with van der Waals surface area (Å²) in [6.45, 7) is 3.63. The fraction of sp³-hybridized carbons (Fsp3) is 0.556. The standard InChI is InChI=1S/C9H14BrN3O2/c1-2-12(9(14)15)4-3-5-13-7-8(10)6-11-13/h6-7H,2-5H2,1H3,(H,14,15). The molecule has 0 spiro atoms. The van der Waals surface area contributed by atoms with Crippen LogP contribution in [0.3, 0.4) is 0 Å². The van der Waals surface area contributed by atoms with E-state index in [0.29, 0.717) is 13.1 Å². The Balaban J connectivity index is 2.29. The van der Waals surface area contributed by atoms with E-state index in [0.717, 1.165) is 17.4 Å². The summed E-state index contributed by atoms with van der Waals surface area (Å²) in [5.41, 5.74) is 0. The van der Waals surface area contributed by atoms with E-state index < -0.39 is 6.09 Å². The van der Waals surface area contributed by atoms with Crippen LogP contribution in [0.5, 0.6) is 0 Å². The van der Waals surface area contributed by atoms with Gasteiger partial charge in [0.05, 0.1) is 10.7 Å². The number of carboxylic acid groups (broad SMARTS) is 1. The fourth-order valence-corrected chi connectivity index (χ4v) is 1.60. The molecule has 0 fully saturated rings. The van der Waals surface area contributed by atoms with Gasteiger partial charge in [0, 0.05) is 25.8 Å². The molecule has 0 saturated heterocycles. The molecule has 1 amide bonds. The van der Waals surface area contributed by atoms with E-state index >= 15 is 0 Å². The maximum Gasteiger partial charge on any atom is 0.407 e. The summed E-state index contributed by atoms with van der Waals surface area (Å²) >= 11 is 3.30. The Morgan fingerprint density at radius 2 is 2.47 bits per heavy atom. The number of hydrogen-bond acceptors (Lipinski definition) is 2. The lowest BCUT2D eigenvalue weighted by molar-refractivity contribution is 0.146. The number of nitrogens with zero attached hydrogens (tertiary/aromatic N) is 3. The van der Waals surface area contributed by atoms with E-state index in [1.54, 1.807) is 10.9 Å². The van der Waals surface area contributed by atoms with Gasteiger partial charge < -0.3 is 10.0 Å². The molecule has 5 nitrogen and oxygen atoms in total. The molecule has 0 aliphatic heterocycles. The topological polar surface area (TPSA) is 58.4 Å². The van der Waals surface area contributed by atoms with Crippen molar-refractivity contribution >= 4 is 22.0 Å². The van der Waals surface area contributed by atoms with Gasteiger partial charge in [0.15, 0.2) is 0 Å². The monoisotopic (exact) mass is 275 g/mol. The first-order valence-corrected chi connectivity index (χ1v) is 5.58. The fourth-order valence-electron chi connectivity index (χ4n) is 1.27. The van der Waals surface area contributed by atoms with Gasteiger partial charge in [-0.25, -0.2) is 4.79 Å². The molecule has 0 aliphatic carbocycles. The lowest BCUT2D eigenvalue weighted by Crippen LogP contribution is -2.30. The first kappa shape index (κ1) is 12.0. The van der Waals surface area contributed by atoms with Crippen LogP contribution in [-0.4, -0.2) is 39.0 Å². The van der Waals surface area contributed by atoms with Crippen molar-refractivity contribution in [2.24, 2.45) is 0 Å². The summed E-state index contributed by atoms with van der Waals surface area (Å²) in [5, 5.41) is 12.9. The Kier molecular flexibility index (Phi) is 4.61. The van der Waals surface area contributed by atoms with Gasteiger partial charge in [0.25, 0.3) is 0 Å². The molecule has 1 aromatic rings. The van der Waals surface area contributed by atoms with Crippen molar-refractivity contribution in [3.05, 3.63) is 16.9 Å². The van der Waals surface area contributed by atoms with Crippen LogP contribution in [0.25, 0.3) is 0 Å². The zero-order valence-electron chi connectivity index (χ0n) is 8.56. The van der Waals surface area contributed by atoms with Crippen molar-refractivity contribution in [1.82, 2.24) is 14.7 Å². The first-order chi connectivity index (χ1) is 7.13. The smallest absolute Gasteiger partial charge is 0.407 e. The Bertz CT molecular complexity index is 327. The van der Waals surface area contributed by atoms with Crippen molar-refractivity contribution < 1.29 is 9.90 Å². The highest BCUT2D eigenvalue weighted by atomic mass is 79.9. The van der Waals surface area contributed by atoms with Crippen LogP contribution in [0, 0.1) is 0 Å². The highest BCUT2D eigenvalue weighted by Gasteiger charge is 2.07. The van der Waals surface area contributed by atoms with Gasteiger partial charge in [-0.3, -0.25) is 4.68 Å². The SMILES string of the molecule is CCN(CCCn1cc(Br)cn1)C(=O)O. The highest BCUT2D eigenvalue weighted by molar-refractivity contribution is 9.10. The maximum atomic E-state index is 10.7. The van der Waals surface area contributed by atoms with E-state index in [4.69, 9.17) is 5.11 Å². The molecule has 15 heavy (non-hydrogen) atoms. The summed E-state index contributed by atoms with van der Waals surface area (Å²) in [7, 11) is 0. The third-order valence-corrected chi connectivity index (χ3v) is 2.48. The third kappa shape index (κ3) is 3.91. The lowest BCUT2D eigenvalue weighted by atomic mass is 10.4. The maximum absolute atomic E-state index is 10.7. The van der Waals surface area contributed by atoms with Gasteiger partial charge in [0.2, 0.25) is 0 Å². The van der Waals surface area contributed by atoms with Gasteiger partial charge in [-0.15, -0.1) is 0 Å². The van der Waals surface area contributed by atoms with Gasteiger partial charge >= 0.3 is 6.09 Å². The predicted molar refractivity (Wildman–Crippen MR) is 59.8 cm³/mol. The molecule has 1 N–H and O–H groups in total. The molecule has 0 radical (unpaired) electrons. The number of amides is 1. The molecule has 0 bridgehead atoms. The lowest BCUT2D eigenvalue weighted by Gasteiger charge is -2.16. The third-order valence-electron chi connectivity index (χ3n) is 2.07. The van der Waals surface area contributed by atoms with E-state index in [1.165, 1.54) is 4.90 Å². The Labute approximate surface area is 96.8 Å². The average Bonchev–Trinajstić information content (AvgIpc) is 2.58. The van der Waals surface area contributed by atoms with Crippen LogP contribution in [0.2, 0.25) is 0 Å². The van der Waals surface area contributed by atoms with Crippen molar-refractivity contribution in [1.29, 1.82) is 0 Å². The number of halogens is 1. The second-order valence-electron chi connectivity index (χ2n) is 3.14. The van der Waals surface area contributed by atoms with Crippen molar-refractivity contribution in [3.8, 4) is 0 Å². The van der Waals surface area contributed by atoms with Crippen LogP contribution in [0.1, 0.15) is 13.3 Å². The van der Waals surface area contributed by atoms with Crippen molar-refractivity contribution in [2.45, 2.75) is 19.9 Å². The van der Waals surface area contributed by atoms with E-state index in [1.807, 2.05) is 13.1 Å². The molecule has 6 heteroatoms. The van der Waals surface area contributed by atoms with Crippen LogP contribution >= 0.6 is 15.9 Å². The number of aromatic nitrogens is 2. The molecule has 0 atom stereocenters. The number of hydrogen-bond donors (Lipinski definition) is 1. The molecular weight excluding hydrogens is 262 g/mol. The van der Waals surface area contributed by atoms with Gasteiger partial charge in [-0.2, -0.15) is 5.10 Å². The zero-order chi connectivity index (χ0) is 11.3. The summed E-state index contributed by atoms with van der Waals surface area (Å²) < 4.78 is 2.73. The summed E-state index contributed by atoms with van der Waals surface area (Å²) in [6.07, 6.45) is 3.50. The summed E-state index contributed by atoms with van der Waals surface area (Å²) in [4.78, 5) is 12.1. The minimum absolute atomic E-state index is 0.526. The van der Waals surface area contributed by atoms with Gasteiger partial charge in [-0.05, 0) is 29.3 Å². The van der Waals surface area contributed by atoms with Gasteiger partial charge in [-0.1, -0.05) is 0 Å². The predicted octanol–water partition coefficient (Wildman–Crippen LogP) is 2.04. The molecule has 0 aliphatic rings. The van der Waals surface area contributed by atoms with Crippen molar-refractivity contribution in [2.75, 3.05) is 13.1 Å². The zero-order valence-corrected chi connectivity index (χ0v) is 10.1. The molecule has 0 unspecified atom stereocenters. The largest absolute Gasteiger partial charge is 0.465 e. The number of carbonyl (C=O) groups is 1. The summed E-state index contributed by atoms with van der Waals surface area (Å²) in [6, 6.07) is 0. The quantitative estimate of drug-likeness (QED) is 0.895. The van der Waals surface area contributed by atoms with Crippen LogP contribution in [0.15, 0.2) is 16.9 Å². The first-order valence-electron chi connectivity index (χ1n) is 4.79. The van der Waals surface area contributed by atoms with Crippen molar-refractivity contribution in [3.63, 3.8) is 0 Å². The second-order valence-corrected chi connectivity index (χ2v) is 4.05. The molecule has 1 heterocycles. The molecule has 1 aromatic heterocycles. The van der Waals surface area contributed by atoms with Crippen LogP contribution in [-0.2, 0) is 6.54 Å². The normalized spacial score (nSPS) is 10.3. The van der Waals surface area contributed by atoms with Crippen LogP contribution in [0.4, 0.5) is 4.79 Å². The Hall–Kier alpha value is -1.04. The molecule has 0 aromatic carbocycles. The molecule has 84 valence electrons. The number of aryl methyl sites for hydroxylation is 1. The minimum Gasteiger partial charge on any atom is -0.465 e. The van der Waals surface area contributed by atoms with Crippen LogP contribution < -0.4 is 0 Å². The minimum atomic E-state index is -0.862. The highest BCUT2D eigenvalue weighted by Crippen LogP contribution is 2.06. The van der Waals surface area contributed by atoms with Gasteiger partial charge in [0.1, 0.15) is 0 Å². The average molecular weight is 276 g/mol. The Morgan fingerprint density at radius 1 is 1.73 bits per heavy atom. The molecular formula is C9H14BrN3O2. The number of rotatable bonds is 5. The van der Waals surface area contributed by atoms with E-state index in [9.17, 15) is 4.79 Å². The second kappa shape index (κ2) is 5.75. The molecule has 0 saturated carbocycles. The van der Waals surface area contributed by atoms with E-state index in [2.05, 4.69) is 21.0 Å².